The molecule has 0 saturated carbocycles. The predicted molar refractivity (Wildman–Crippen MR) is 111 cm³/mol. The first kappa shape index (κ1) is 19.3. The number of nitrogens with zero attached hydrogens (tertiary/aromatic N) is 2. The van der Waals surface area contributed by atoms with Crippen molar-refractivity contribution in [2.24, 2.45) is 0 Å². The third kappa shape index (κ3) is 4.70. The highest BCUT2D eigenvalue weighted by atomic mass is 16.5. The van der Waals surface area contributed by atoms with Crippen LogP contribution in [0.3, 0.4) is 0 Å². The number of aromatic carboxylic acids is 1. The highest BCUT2D eigenvalue weighted by Crippen LogP contribution is 2.30. The van der Waals surface area contributed by atoms with Crippen molar-refractivity contribution in [3.63, 3.8) is 0 Å². The molecule has 1 fully saturated rings. The van der Waals surface area contributed by atoms with Crippen LogP contribution in [0.4, 0.5) is 0 Å². The minimum Gasteiger partial charge on any atom is -0.477 e. The molecule has 0 amide bonds. The number of pyridine rings is 1. The van der Waals surface area contributed by atoms with Crippen molar-refractivity contribution in [2.45, 2.75) is 25.2 Å². The fourth-order valence-electron chi connectivity index (χ4n) is 3.85. The van der Waals surface area contributed by atoms with Crippen molar-refractivity contribution in [2.75, 3.05) is 13.1 Å². The molecule has 0 radical (unpaired) electrons. The zero-order chi connectivity index (χ0) is 20.1. The Hall–Kier alpha value is -3.02. The van der Waals surface area contributed by atoms with E-state index in [0.29, 0.717) is 6.54 Å². The summed E-state index contributed by atoms with van der Waals surface area (Å²) in [5, 5.41) is 9.36. The standard InChI is InChI=1S/C24H24N2O3/c27-24(28)22-20(12-7-14-25-22)16-26-15-13-21(17-26)29-23(18-8-3-1-4-9-18)19-10-5-2-6-11-19/h1-12,14,21,23H,13,15-17H2,(H,27,28). The third-order valence-corrected chi connectivity index (χ3v) is 5.25. The van der Waals surface area contributed by atoms with Crippen LogP contribution in [-0.4, -0.2) is 40.2 Å². The smallest absolute Gasteiger partial charge is 0.354 e. The zero-order valence-electron chi connectivity index (χ0n) is 16.1. The summed E-state index contributed by atoms with van der Waals surface area (Å²) >= 11 is 0. The summed E-state index contributed by atoms with van der Waals surface area (Å²) in [4.78, 5) is 17.7. The molecule has 0 spiro atoms. The van der Waals surface area contributed by atoms with Crippen LogP contribution in [0.25, 0.3) is 0 Å². The lowest BCUT2D eigenvalue weighted by Crippen LogP contribution is -2.25. The number of ether oxygens (including phenoxy) is 1. The summed E-state index contributed by atoms with van der Waals surface area (Å²) in [6.07, 6.45) is 2.41. The van der Waals surface area contributed by atoms with Gasteiger partial charge in [-0.1, -0.05) is 66.7 Å². The van der Waals surface area contributed by atoms with Gasteiger partial charge in [0.2, 0.25) is 0 Å². The SMILES string of the molecule is O=C(O)c1ncccc1CN1CCC(OC(c2ccccc2)c2ccccc2)C1. The van der Waals surface area contributed by atoms with Crippen LogP contribution >= 0.6 is 0 Å². The van der Waals surface area contributed by atoms with Gasteiger partial charge >= 0.3 is 5.97 Å². The molecule has 2 heterocycles. The van der Waals surface area contributed by atoms with E-state index in [0.717, 1.165) is 36.2 Å². The molecule has 4 rings (SSSR count). The average molecular weight is 388 g/mol. The fourth-order valence-corrected chi connectivity index (χ4v) is 3.85. The van der Waals surface area contributed by atoms with Crippen molar-refractivity contribution in [3.8, 4) is 0 Å². The van der Waals surface area contributed by atoms with Gasteiger partial charge in [-0.25, -0.2) is 9.78 Å². The maximum absolute atomic E-state index is 11.4. The molecule has 5 nitrogen and oxygen atoms in total. The molecule has 3 aromatic rings. The first-order valence-electron chi connectivity index (χ1n) is 9.85. The number of hydrogen-bond acceptors (Lipinski definition) is 4. The second kappa shape index (κ2) is 8.99. The Kier molecular flexibility index (Phi) is 5.98. The monoisotopic (exact) mass is 388 g/mol. The maximum Gasteiger partial charge on any atom is 0.354 e. The van der Waals surface area contributed by atoms with Gasteiger partial charge in [0.25, 0.3) is 0 Å². The van der Waals surface area contributed by atoms with Crippen LogP contribution in [0.15, 0.2) is 79.0 Å². The number of aromatic nitrogens is 1. The van der Waals surface area contributed by atoms with E-state index in [9.17, 15) is 9.90 Å². The van der Waals surface area contributed by atoms with Crippen LogP contribution in [-0.2, 0) is 11.3 Å². The number of rotatable bonds is 7. The van der Waals surface area contributed by atoms with Gasteiger partial charge in [0.15, 0.2) is 5.69 Å². The Morgan fingerprint density at radius 2 is 1.69 bits per heavy atom. The molecule has 1 aliphatic heterocycles. The van der Waals surface area contributed by atoms with Gasteiger partial charge in [-0.05, 0) is 29.2 Å². The molecule has 2 aromatic carbocycles. The lowest BCUT2D eigenvalue weighted by atomic mass is 10.0. The molecular formula is C24H24N2O3. The lowest BCUT2D eigenvalue weighted by molar-refractivity contribution is 0.0139. The summed E-state index contributed by atoms with van der Waals surface area (Å²) in [5.74, 6) is -0.985. The molecule has 1 unspecified atom stereocenters. The molecule has 5 heteroatoms. The lowest BCUT2D eigenvalue weighted by Gasteiger charge is -2.24. The normalized spacial score (nSPS) is 16.9. The first-order chi connectivity index (χ1) is 14.2. The molecule has 1 N–H and O–H groups in total. The van der Waals surface area contributed by atoms with E-state index >= 15 is 0 Å². The van der Waals surface area contributed by atoms with Crippen molar-refractivity contribution in [1.29, 1.82) is 0 Å². The van der Waals surface area contributed by atoms with Crippen LogP contribution < -0.4 is 0 Å². The topological polar surface area (TPSA) is 62.7 Å². The van der Waals surface area contributed by atoms with E-state index in [1.54, 1.807) is 6.07 Å². The minimum absolute atomic E-state index is 0.0883. The van der Waals surface area contributed by atoms with Crippen molar-refractivity contribution in [1.82, 2.24) is 9.88 Å². The average Bonchev–Trinajstić information content (AvgIpc) is 3.20. The van der Waals surface area contributed by atoms with E-state index in [1.807, 2.05) is 42.5 Å². The van der Waals surface area contributed by atoms with Crippen molar-refractivity contribution >= 4 is 5.97 Å². The minimum atomic E-state index is -0.985. The summed E-state index contributed by atoms with van der Waals surface area (Å²) in [7, 11) is 0. The molecule has 1 aromatic heterocycles. The van der Waals surface area contributed by atoms with E-state index in [-0.39, 0.29) is 17.9 Å². The molecule has 29 heavy (non-hydrogen) atoms. The van der Waals surface area contributed by atoms with Crippen molar-refractivity contribution in [3.05, 3.63) is 101 Å². The first-order valence-corrected chi connectivity index (χ1v) is 9.85. The van der Waals surface area contributed by atoms with E-state index in [2.05, 4.69) is 34.1 Å². The Bertz CT molecular complexity index is 907. The Morgan fingerprint density at radius 3 is 2.31 bits per heavy atom. The van der Waals surface area contributed by atoms with Gasteiger partial charge in [-0.2, -0.15) is 0 Å². The van der Waals surface area contributed by atoms with Crippen LogP contribution in [0, 0.1) is 0 Å². The van der Waals surface area contributed by atoms with Gasteiger partial charge in [0.05, 0.1) is 6.10 Å². The second-order valence-electron chi connectivity index (χ2n) is 7.30. The highest BCUT2D eigenvalue weighted by Gasteiger charge is 2.28. The number of hydrogen-bond donors (Lipinski definition) is 1. The highest BCUT2D eigenvalue weighted by molar-refractivity contribution is 5.86. The molecular weight excluding hydrogens is 364 g/mol. The molecule has 148 valence electrons. The summed E-state index contributed by atoms with van der Waals surface area (Å²) in [6.45, 7) is 2.20. The summed E-state index contributed by atoms with van der Waals surface area (Å²) in [5.41, 5.74) is 3.14. The van der Waals surface area contributed by atoms with E-state index in [1.165, 1.54) is 6.20 Å². The van der Waals surface area contributed by atoms with Crippen LogP contribution in [0.1, 0.15) is 39.7 Å². The van der Waals surface area contributed by atoms with Gasteiger partial charge in [0, 0.05) is 25.8 Å². The van der Waals surface area contributed by atoms with Gasteiger partial charge in [-0.3, -0.25) is 4.90 Å². The fraction of sp³-hybridized carbons (Fsp3) is 0.250. The van der Waals surface area contributed by atoms with Crippen LogP contribution in [0.2, 0.25) is 0 Å². The molecule has 0 bridgehead atoms. The van der Waals surface area contributed by atoms with E-state index in [4.69, 9.17) is 4.74 Å². The number of benzene rings is 2. The zero-order valence-corrected chi connectivity index (χ0v) is 16.1. The molecule has 1 aliphatic rings. The number of carboxylic acid groups (broad SMARTS) is 1. The Balaban J connectivity index is 1.46. The summed E-state index contributed by atoms with van der Waals surface area (Å²) < 4.78 is 6.56. The number of carbonyl (C=O) groups is 1. The van der Waals surface area contributed by atoms with Gasteiger partial charge in [0.1, 0.15) is 6.10 Å². The second-order valence-corrected chi connectivity index (χ2v) is 7.30. The third-order valence-electron chi connectivity index (χ3n) is 5.25. The summed E-state index contributed by atoms with van der Waals surface area (Å²) in [6, 6.07) is 24.2. The number of likely N-dealkylation sites (tertiary alicyclic amines) is 1. The van der Waals surface area contributed by atoms with Gasteiger partial charge < -0.3 is 9.84 Å². The maximum atomic E-state index is 11.4. The van der Waals surface area contributed by atoms with Crippen molar-refractivity contribution < 1.29 is 14.6 Å². The van der Waals surface area contributed by atoms with Gasteiger partial charge in [-0.15, -0.1) is 0 Å². The number of carboxylic acids is 1. The Morgan fingerprint density at radius 1 is 1.03 bits per heavy atom. The quantitative estimate of drug-likeness (QED) is 0.658. The largest absolute Gasteiger partial charge is 0.477 e. The predicted octanol–water partition coefficient (Wildman–Crippen LogP) is 4.16. The molecule has 0 aliphatic carbocycles. The molecule has 1 saturated heterocycles. The molecule has 1 atom stereocenters. The van der Waals surface area contributed by atoms with E-state index < -0.39 is 5.97 Å². The Labute approximate surface area is 170 Å². The van der Waals surface area contributed by atoms with Crippen LogP contribution in [0.5, 0.6) is 0 Å².